The highest BCUT2D eigenvalue weighted by molar-refractivity contribution is 9.10. The molecule has 1 N–H and O–H groups in total. The average Bonchev–Trinajstić information content (AvgIpc) is 2.25. The van der Waals surface area contributed by atoms with E-state index in [0.29, 0.717) is 17.3 Å². The Balaban J connectivity index is 2.64. The first-order chi connectivity index (χ1) is 7.91. The average molecular weight is 363 g/mol. The molecule has 0 spiro atoms. The number of rotatable bonds is 4. The molecule has 2 nitrogen and oxygen atoms in total. The third-order valence-corrected chi connectivity index (χ3v) is 4.49. The van der Waals surface area contributed by atoms with E-state index in [1.54, 1.807) is 0 Å². The predicted octanol–water partition coefficient (Wildman–Crippen LogP) is 3.91. The zero-order valence-corrected chi connectivity index (χ0v) is 13.4. The topological polar surface area (TPSA) is 29.1 Å². The Bertz CT molecular complexity index is 404. The number of carbonyl (C=O) groups excluding carboxylic acids is 1. The van der Waals surface area contributed by atoms with E-state index in [4.69, 9.17) is 0 Å². The van der Waals surface area contributed by atoms with E-state index in [0.717, 1.165) is 15.6 Å². The maximum absolute atomic E-state index is 12.0. The Kier molecular flexibility index (Phi) is 5.67. The number of benzene rings is 1. The number of nitrogens with one attached hydrogen (secondary N) is 1. The number of halogens is 2. The molecule has 0 bridgehead atoms. The smallest absolute Gasteiger partial charge is 0.251 e. The lowest BCUT2D eigenvalue weighted by Gasteiger charge is -2.15. The van der Waals surface area contributed by atoms with Crippen LogP contribution in [0.3, 0.4) is 0 Å². The Morgan fingerprint density at radius 2 is 2.06 bits per heavy atom. The largest absolute Gasteiger partial charge is 0.351 e. The molecule has 0 aliphatic carbocycles. The van der Waals surface area contributed by atoms with Gasteiger partial charge < -0.3 is 5.32 Å². The lowest BCUT2D eigenvalue weighted by molar-refractivity contribution is 0.0952. The Morgan fingerprint density at radius 1 is 1.41 bits per heavy atom. The van der Waals surface area contributed by atoms with Crippen LogP contribution >= 0.6 is 31.9 Å². The molecular formula is C13H17Br2NO. The van der Waals surface area contributed by atoms with Crippen LogP contribution < -0.4 is 5.32 Å². The van der Waals surface area contributed by atoms with Crippen LogP contribution in [0, 0.1) is 12.8 Å². The molecule has 4 heteroatoms. The van der Waals surface area contributed by atoms with E-state index < -0.39 is 0 Å². The summed E-state index contributed by atoms with van der Waals surface area (Å²) < 4.78 is 0.993. The molecule has 1 rings (SSSR count). The summed E-state index contributed by atoms with van der Waals surface area (Å²) in [6, 6.07) is 5.67. The van der Waals surface area contributed by atoms with Gasteiger partial charge in [-0.15, -0.1) is 0 Å². The zero-order valence-electron chi connectivity index (χ0n) is 10.3. The number of hydrogen-bond acceptors (Lipinski definition) is 1. The number of carbonyl (C=O) groups is 1. The molecule has 0 fully saturated rings. The van der Waals surface area contributed by atoms with Gasteiger partial charge >= 0.3 is 0 Å². The lowest BCUT2D eigenvalue weighted by Crippen LogP contribution is -2.32. The summed E-state index contributed by atoms with van der Waals surface area (Å²) in [6.07, 6.45) is 0. The first kappa shape index (κ1) is 14.7. The van der Waals surface area contributed by atoms with Crippen molar-refractivity contribution < 1.29 is 4.79 Å². The second-order valence-corrected chi connectivity index (χ2v) is 6.52. The minimum Gasteiger partial charge on any atom is -0.351 e. The van der Waals surface area contributed by atoms with Crippen molar-refractivity contribution in [3.8, 4) is 0 Å². The summed E-state index contributed by atoms with van der Waals surface area (Å²) >= 11 is 6.94. The predicted molar refractivity (Wildman–Crippen MR) is 78.8 cm³/mol. The zero-order chi connectivity index (χ0) is 13.0. The molecule has 1 amide bonds. The summed E-state index contributed by atoms with van der Waals surface area (Å²) in [5.41, 5.74) is 1.71. The number of hydrogen-bond donors (Lipinski definition) is 1. The Morgan fingerprint density at radius 3 is 2.59 bits per heavy atom. The number of amides is 1. The van der Waals surface area contributed by atoms with Crippen molar-refractivity contribution in [3.63, 3.8) is 0 Å². The summed E-state index contributed by atoms with van der Waals surface area (Å²) in [4.78, 5) is 12.3. The normalized spacial score (nSPS) is 12.6. The van der Waals surface area contributed by atoms with Crippen LogP contribution in [0.4, 0.5) is 0 Å². The highest BCUT2D eigenvalue weighted by Gasteiger charge is 2.13. The van der Waals surface area contributed by atoms with E-state index in [-0.39, 0.29) is 5.91 Å². The molecule has 1 atom stereocenters. The van der Waals surface area contributed by atoms with Gasteiger partial charge in [-0.25, -0.2) is 0 Å². The molecule has 0 saturated heterocycles. The fourth-order valence-corrected chi connectivity index (χ4v) is 2.04. The van der Waals surface area contributed by atoms with E-state index in [2.05, 4.69) is 51.0 Å². The highest BCUT2D eigenvalue weighted by atomic mass is 79.9. The minimum absolute atomic E-state index is 0.0138. The summed E-state index contributed by atoms with van der Waals surface area (Å²) in [5.74, 6) is 0.487. The van der Waals surface area contributed by atoms with Gasteiger partial charge in [0.25, 0.3) is 5.91 Å². The number of aryl methyl sites for hydroxylation is 1. The van der Waals surface area contributed by atoms with Gasteiger partial charge in [0.2, 0.25) is 0 Å². The molecule has 0 radical (unpaired) electrons. The maximum Gasteiger partial charge on any atom is 0.251 e. The molecule has 1 aromatic rings. The molecule has 17 heavy (non-hydrogen) atoms. The van der Waals surface area contributed by atoms with Gasteiger partial charge in [-0.05, 0) is 36.6 Å². The van der Waals surface area contributed by atoms with Gasteiger partial charge in [0, 0.05) is 21.4 Å². The van der Waals surface area contributed by atoms with Gasteiger partial charge in [-0.1, -0.05) is 45.7 Å². The van der Waals surface area contributed by atoms with Crippen molar-refractivity contribution in [1.82, 2.24) is 5.32 Å². The molecule has 0 aliphatic rings. The second-order valence-electron chi connectivity index (χ2n) is 4.43. The van der Waals surface area contributed by atoms with Crippen molar-refractivity contribution in [1.29, 1.82) is 0 Å². The van der Waals surface area contributed by atoms with Crippen LogP contribution in [-0.4, -0.2) is 17.3 Å². The van der Waals surface area contributed by atoms with E-state index >= 15 is 0 Å². The van der Waals surface area contributed by atoms with Gasteiger partial charge in [-0.3, -0.25) is 4.79 Å². The molecule has 94 valence electrons. The number of alkyl halides is 1. The van der Waals surface area contributed by atoms with Gasteiger partial charge in [0.1, 0.15) is 0 Å². The van der Waals surface area contributed by atoms with Crippen LogP contribution in [0.5, 0.6) is 0 Å². The van der Waals surface area contributed by atoms with E-state index in [9.17, 15) is 4.79 Å². The minimum atomic E-state index is -0.0138. The van der Waals surface area contributed by atoms with Gasteiger partial charge in [-0.2, -0.15) is 0 Å². The van der Waals surface area contributed by atoms with Crippen LogP contribution in [0.15, 0.2) is 22.7 Å². The summed E-state index contributed by atoms with van der Waals surface area (Å²) in [7, 11) is 0. The monoisotopic (exact) mass is 361 g/mol. The lowest BCUT2D eigenvalue weighted by atomic mass is 10.1. The van der Waals surface area contributed by atoms with Crippen LogP contribution in [-0.2, 0) is 0 Å². The van der Waals surface area contributed by atoms with Crippen molar-refractivity contribution >= 4 is 37.8 Å². The van der Waals surface area contributed by atoms with Crippen molar-refractivity contribution in [3.05, 3.63) is 33.8 Å². The second kappa shape index (κ2) is 6.55. The first-order valence-corrected chi connectivity index (χ1v) is 7.31. The molecular weight excluding hydrogens is 346 g/mol. The molecule has 0 heterocycles. The molecule has 0 saturated carbocycles. The first-order valence-electron chi connectivity index (χ1n) is 5.60. The standard InChI is InChI=1S/C13H17Br2NO/c1-8(2)12(15)7-16-13(17)11-5-4-10(14)6-9(11)3/h4-6,8,12H,7H2,1-3H3,(H,16,17). The van der Waals surface area contributed by atoms with Crippen LogP contribution in [0.2, 0.25) is 0 Å². The van der Waals surface area contributed by atoms with Crippen LogP contribution in [0.25, 0.3) is 0 Å². The van der Waals surface area contributed by atoms with Crippen molar-refractivity contribution in [2.24, 2.45) is 5.92 Å². The fourth-order valence-electron chi connectivity index (χ4n) is 1.40. The Hall–Kier alpha value is -0.350. The third-order valence-electron chi connectivity index (χ3n) is 2.61. The van der Waals surface area contributed by atoms with Crippen molar-refractivity contribution in [2.75, 3.05) is 6.54 Å². The van der Waals surface area contributed by atoms with E-state index in [1.165, 1.54) is 0 Å². The van der Waals surface area contributed by atoms with Crippen molar-refractivity contribution in [2.45, 2.75) is 25.6 Å². The molecule has 0 aromatic heterocycles. The van der Waals surface area contributed by atoms with Gasteiger partial charge in [0.05, 0.1) is 0 Å². The molecule has 0 aliphatic heterocycles. The SMILES string of the molecule is Cc1cc(Br)ccc1C(=O)NCC(Br)C(C)C. The quantitative estimate of drug-likeness (QED) is 0.808. The highest BCUT2D eigenvalue weighted by Crippen LogP contribution is 2.16. The molecule has 1 aromatic carbocycles. The fraction of sp³-hybridized carbons (Fsp3) is 0.462. The van der Waals surface area contributed by atoms with Crippen LogP contribution in [0.1, 0.15) is 29.8 Å². The Labute approximate surface area is 119 Å². The summed E-state index contributed by atoms with van der Waals surface area (Å²) in [5, 5.41) is 2.94. The molecule has 1 unspecified atom stereocenters. The maximum atomic E-state index is 12.0. The third kappa shape index (κ3) is 4.43. The van der Waals surface area contributed by atoms with Gasteiger partial charge in [0.15, 0.2) is 0 Å². The summed E-state index contributed by atoms with van der Waals surface area (Å²) in [6.45, 7) is 6.83. The van der Waals surface area contributed by atoms with E-state index in [1.807, 2.05) is 25.1 Å².